The number of primary amides is 1. The Morgan fingerprint density at radius 3 is 2.33 bits per heavy atom. The number of carbonyl (C=O) groups is 4. The van der Waals surface area contributed by atoms with E-state index in [-0.39, 0.29) is 28.7 Å². The summed E-state index contributed by atoms with van der Waals surface area (Å²) in [6.07, 6.45) is 7.27. The normalized spacial score (nSPS) is 46.7. The minimum Gasteiger partial charge on any atom is -0.449 e. The number of rotatable bonds is 3. The molecule has 0 aromatic rings. The van der Waals surface area contributed by atoms with Crippen LogP contribution in [0.3, 0.4) is 0 Å². The molecule has 2 N–H and O–H groups in total. The van der Waals surface area contributed by atoms with Crippen LogP contribution in [-0.4, -0.2) is 29.0 Å². The Kier molecular flexibility index (Phi) is 5.49. The SMILES string of the molecule is CC1[C@]2(CCC(C)(C)C)CC[C@@]3(C)[C@]4(C)CC[C@H]5[C@](C)(C(N)=O)C(=O)C(C#N)=C[C@]5(C)C4=CC(=O)[C@]13OC2=O. The predicted octanol–water partition coefficient (Wildman–Crippen LogP) is 4.99. The summed E-state index contributed by atoms with van der Waals surface area (Å²) in [7, 11) is 0. The van der Waals surface area contributed by atoms with Crippen molar-refractivity contribution in [2.45, 2.75) is 99.5 Å². The number of hydrogen-bond donors (Lipinski definition) is 1. The number of nitrogens with zero attached hydrogens (tertiary/aromatic N) is 1. The molecule has 0 radical (unpaired) electrons. The first-order chi connectivity index (χ1) is 17.8. The molecular weight excluding hydrogens is 492 g/mol. The van der Waals surface area contributed by atoms with E-state index in [0.29, 0.717) is 32.1 Å². The van der Waals surface area contributed by atoms with Crippen LogP contribution in [-0.2, 0) is 23.9 Å². The van der Waals surface area contributed by atoms with E-state index in [1.54, 1.807) is 19.1 Å². The number of esters is 1. The van der Waals surface area contributed by atoms with Crippen LogP contribution in [0.1, 0.15) is 93.9 Å². The van der Waals surface area contributed by atoms with Crippen LogP contribution in [0.25, 0.3) is 0 Å². The monoisotopic (exact) mass is 534 g/mol. The van der Waals surface area contributed by atoms with Crippen molar-refractivity contribution in [1.82, 2.24) is 0 Å². The molecular formula is C32H42N2O5. The lowest BCUT2D eigenvalue weighted by molar-refractivity contribution is -0.199. The third-order valence-corrected chi connectivity index (χ3v) is 12.5. The molecule has 2 saturated carbocycles. The largest absolute Gasteiger partial charge is 0.449 e. The van der Waals surface area contributed by atoms with Crippen LogP contribution < -0.4 is 5.73 Å². The van der Waals surface area contributed by atoms with Gasteiger partial charge in [0.15, 0.2) is 17.2 Å². The van der Waals surface area contributed by atoms with Gasteiger partial charge in [-0.25, -0.2) is 0 Å². The van der Waals surface area contributed by atoms with Crippen molar-refractivity contribution in [3.8, 4) is 6.07 Å². The first kappa shape index (κ1) is 27.8. The van der Waals surface area contributed by atoms with Crippen molar-refractivity contribution in [2.24, 2.45) is 50.1 Å². The van der Waals surface area contributed by atoms with Gasteiger partial charge in [-0.3, -0.25) is 19.2 Å². The highest BCUT2D eigenvalue weighted by Crippen LogP contribution is 2.76. The molecule has 7 nitrogen and oxygen atoms in total. The van der Waals surface area contributed by atoms with E-state index >= 15 is 0 Å². The van der Waals surface area contributed by atoms with Gasteiger partial charge in [-0.15, -0.1) is 0 Å². The van der Waals surface area contributed by atoms with Gasteiger partial charge in [-0.05, 0) is 73.8 Å². The van der Waals surface area contributed by atoms with Gasteiger partial charge in [0.25, 0.3) is 0 Å². The second kappa shape index (κ2) is 7.71. The molecule has 2 bridgehead atoms. The van der Waals surface area contributed by atoms with Crippen molar-refractivity contribution < 1.29 is 23.9 Å². The summed E-state index contributed by atoms with van der Waals surface area (Å²) >= 11 is 0. The van der Waals surface area contributed by atoms with Crippen molar-refractivity contribution in [2.75, 3.05) is 0 Å². The number of ether oxygens (including phenoxy) is 1. The molecule has 7 heteroatoms. The Bertz CT molecular complexity index is 1330. The number of allylic oxidation sites excluding steroid dienone is 3. The van der Waals surface area contributed by atoms with Crippen LogP contribution in [0.4, 0.5) is 0 Å². The summed E-state index contributed by atoms with van der Waals surface area (Å²) in [4.78, 5) is 54.3. The smallest absolute Gasteiger partial charge is 0.313 e. The number of Topliss-reactive ketones (excluding diaryl/α,β-unsaturated/α-hetero) is 1. The number of ketones is 2. The standard InChI is InChI=1S/C32H42N2O5/c1-18-31(13-11-26(2,3)4)14-12-29(7)28(6)10-9-20-27(5,16-19(17-33)23(36)30(20,8)24(34)37)21(28)15-22(35)32(18,29)39-25(31)38/h15-16,18,20H,9-14H2,1-8H3,(H2,34,37)/t18?,20-,27+,28-,29+,30+,31+,32-/m1/s1. The van der Waals surface area contributed by atoms with Crippen LogP contribution in [0.5, 0.6) is 0 Å². The molecule has 1 aliphatic heterocycles. The fraction of sp³-hybridized carbons (Fsp3) is 0.719. The van der Waals surface area contributed by atoms with Gasteiger partial charge in [0.05, 0.1) is 11.0 Å². The van der Waals surface area contributed by atoms with Crippen molar-refractivity contribution >= 4 is 23.4 Å². The summed E-state index contributed by atoms with van der Waals surface area (Å²) in [5.74, 6) is -2.56. The Morgan fingerprint density at radius 1 is 1.13 bits per heavy atom. The minimum atomic E-state index is -1.56. The zero-order valence-corrected chi connectivity index (χ0v) is 24.6. The Balaban J connectivity index is 1.71. The van der Waals surface area contributed by atoms with E-state index in [0.717, 1.165) is 12.0 Å². The fourth-order valence-electron chi connectivity index (χ4n) is 9.75. The van der Waals surface area contributed by atoms with E-state index in [2.05, 4.69) is 34.6 Å². The van der Waals surface area contributed by atoms with Crippen LogP contribution in [0.2, 0.25) is 0 Å². The molecule has 0 aromatic carbocycles. The first-order valence-corrected chi connectivity index (χ1v) is 14.3. The molecule has 1 heterocycles. The zero-order valence-electron chi connectivity index (χ0n) is 24.6. The Hall–Kier alpha value is -2.75. The highest BCUT2D eigenvalue weighted by molar-refractivity contribution is 6.16. The van der Waals surface area contributed by atoms with Gasteiger partial charge in [-0.1, -0.05) is 54.5 Å². The third-order valence-electron chi connectivity index (χ3n) is 12.5. The van der Waals surface area contributed by atoms with E-state index in [9.17, 15) is 24.4 Å². The molecule has 1 unspecified atom stereocenters. The average molecular weight is 535 g/mol. The molecule has 4 aliphatic carbocycles. The van der Waals surface area contributed by atoms with Crippen molar-refractivity contribution in [3.05, 3.63) is 23.3 Å². The summed E-state index contributed by atoms with van der Waals surface area (Å²) in [5.41, 5.74) is 0.904. The van der Waals surface area contributed by atoms with Crippen LogP contribution in [0.15, 0.2) is 23.3 Å². The molecule has 0 aromatic heterocycles. The Labute approximate surface area is 231 Å². The topological polar surface area (TPSA) is 127 Å². The van der Waals surface area contributed by atoms with Crippen LogP contribution in [0, 0.1) is 55.7 Å². The van der Waals surface area contributed by atoms with E-state index in [1.165, 1.54) is 0 Å². The molecule has 3 fully saturated rings. The van der Waals surface area contributed by atoms with Gasteiger partial charge in [0.1, 0.15) is 11.5 Å². The van der Waals surface area contributed by atoms with Crippen molar-refractivity contribution in [3.63, 3.8) is 0 Å². The summed E-state index contributed by atoms with van der Waals surface area (Å²) in [6, 6.07) is 2.00. The molecule has 5 rings (SSSR count). The second-order valence-corrected chi connectivity index (χ2v) is 15.1. The van der Waals surface area contributed by atoms with Crippen molar-refractivity contribution in [1.29, 1.82) is 5.26 Å². The van der Waals surface area contributed by atoms with E-state index in [1.807, 2.05) is 19.9 Å². The molecule has 1 saturated heterocycles. The van der Waals surface area contributed by atoms with E-state index in [4.69, 9.17) is 10.5 Å². The number of nitrogens with two attached hydrogens (primary N) is 1. The highest BCUT2D eigenvalue weighted by Gasteiger charge is 2.81. The third kappa shape index (κ3) is 2.93. The number of amides is 1. The molecule has 8 atom stereocenters. The van der Waals surface area contributed by atoms with Gasteiger partial charge in [0.2, 0.25) is 5.91 Å². The number of carbonyl (C=O) groups excluding carboxylic acids is 4. The quantitative estimate of drug-likeness (QED) is 0.401. The van der Waals surface area contributed by atoms with Gasteiger partial charge in [-0.2, -0.15) is 5.26 Å². The maximum Gasteiger partial charge on any atom is 0.313 e. The average Bonchev–Trinajstić information content (AvgIpc) is 2.99. The maximum absolute atomic E-state index is 14.4. The molecule has 1 amide bonds. The highest BCUT2D eigenvalue weighted by atomic mass is 16.6. The molecule has 210 valence electrons. The lowest BCUT2D eigenvalue weighted by atomic mass is 9.34. The minimum absolute atomic E-state index is 0.0458. The number of nitriles is 1. The lowest BCUT2D eigenvalue weighted by Gasteiger charge is -2.67. The molecule has 1 spiro atoms. The summed E-state index contributed by atoms with van der Waals surface area (Å²) < 4.78 is 6.37. The predicted molar refractivity (Wildman–Crippen MR) is 144 cm³/mol. The first-order valence-electron chi connectivity index (χ1n) is 14.3. The Morgan fingerprint density at radius 2 is 1.77 bits per heavy atom. The number of hydrogen-bond acceptors (Lipinski definition) is 6. The summed E-state index contributed by atoms with van der Waals surface area (Å²) in [5, 5.41) is 9.88. The lowest BCUT2D eigenvalue weighted by Crippen LogP contribution is -2.71. The van der Waals surface area contributed by atoms with Gasteiger partial charge in [0, 0.05) is 16.7 Å². The van der Waals surface area contributed by atoms with Gasteiger partial charge >= 0.3 is 5.97 Å². The van der Waals surface area contributed by atoms with Crippen LogP contribution >= 0.6 is 0 Å². The summed E-state index contributed by atoms with van der Waals surface area (Å²) in [6.45, 7) is 16.2. The van der Waals surface area contributed by atoms with E-state index < -0.39 is 50.3 Å². The zero-order chi connectivity index (χ0) is 29.2. The second-order valence-electron chi connectivity index (χ2n) is 15.1. The molecule has 39 heavy (non-hydrogen) atoms. The molecule has 5 aliphatic rings. The fourth-order valence-corrected chi connectivity index (χ4v) is 9.75. The maximum atomic E-state index is 14.4. The van der Waals surface area contributed by atoms with Gasteiger partial charge < -0.3 is 10.5 Å². The number of fused-ring (bicyclic) bond motifs is 5.